The molecule has 1 aromatic carbocycles. The first kappa shape index (κ1) is 16.1. The lowest BCUT2D eigenvalue weighted by molar-refractivity contribution is 0.0595. The summed E-state index contributed by atoms with van der Waals surface area (Å²) in [7, 11) is 0. The van der Waals surface area contributed by atoms with Crippen molar-refractivity contribution in [1.82, 2.24) is 14.5 Å². The molecule has 1 unspecified atom stereocenters. The van der Waals surface area contributed by atoms with E-state index in [-0.39, 0.29) is 11.9 Å². The van der Waals surface area contributed by atoms with Crippen LogP contribution in [0, 0.1) is 6.92 Å². The smallest absolute Gasteiger partial charge is 0.254 e. The van der Waals surface area contributed by atoms with E-state index < -0.39 is 0 Å². The summed E-state index contributed by atoms with van der Waals surface area (Å²) in [5.74, 6) is 1.12. The van der Waals surface area contributed by atoms with Gasteiger partial charge in [0.15, 0.2) is 0 Å². The first-order valence-corrected chi connectivity index (χ1v) is 8.57. The second-order valence-electron chi connectivity index (χ2n) is 6.12. The summed E-state index contributed by atoms with van der Waals surface area (Å²) in [6, 6.07) is 7.53. The molecule has 23 heavy (non-hydrogen) atoms. The maximum Gasteiger partial charge on any atom is 0.254 e. The van der Waals surface area contributed by atoms with Gasteiger partial charge in [0.1, 0.15) is 5.82 Å². The standard InChI is InChI=1S/C18H22ClN3O/c1-14-20-9-12-21(14)11-8-17-7-2-3-10-22(17)18(23)15-5-4-6-16(19)13-15/h4-6,9,12-13,17H,2-3,7-8,10-11H2,1H3. The summed E-state index contributed by atoms with van der Waals surface area (Å²) in [6.45, 7) is 3.74. The molecule has 0 radical (unpaired) electrons. The molecular formula is C18H22ClN3O. The van der Waals surface area contributed by atoms with Gasteiger partial charge < -0.3 is 9.47 Å². The average molecular weight is 332 g/mol. The van der Waals surface area contributed by atoms with E-state index in [0.717, 1.165) is 38.2 Å². The Morgan fingerprint density at radius 1 is 1.39 bits per heavy atom. The summed E-state index contributed by atoms with van der Waals surface area (Å²) in [6.07, 6.45) is 8.12. The number of aryl methyl sites for hydroxylation is 2. The number of likely N-dealkylation sites (tertiary alicyclic amines) is 1. The first-order valence-electron chi connectivity index (χ1n) is 8.19. The van der Waals surface area contributed by atoms with Crippen molar-refractivity contribution in [3.63, 3.8) is 0 Å². The largest absolute Gasteiger partial charge is 0.336 e. The molecule has 3 rings (SSSR count). The van der Waals surface area contributed by atoms with Crippen molar-refractivity contribution in [3.8, 4) is 0 Å². The van der Waals surface area contributed by atoms with Gasteiger partial charge in [0.25, 0.3) is 5.91 Å². The molecule has 1 aromatic heterocycles. The minimum Gasteiger partial charge on any atom is -0.336 e. The van der Waals surface area contributed by atoms with Gasteiger partial charge in [-0.25, -0.2) is 4.98 Å². The van der Waals surface area contributed by atoms with Crippen molar-refractivity contribution in [2.24, 2.45) is 0 Å². The molecule has 5 heteroatoms. The predicted molar refractivity (Wildman–Crippen MR) is 91.7 cm³/mol. The van der Waals surface area contributed by atoms with E-state index >= 15 is 0 Å². The zero-order chi connectivity index (χ0) is 16.2. The summed E-state index contributed by atoms with van der Waals surface area (Å²) in [5, 5.41) is 0.610. The van der Waals surface area contributed by atoms with Crippen LogP contribution in [-0.4, -0.2) is 32.9 Å². The van der Waals surface area contributed by atoms with Crippen molar-refractivity contribution in [3.05, 3.63) is 53.1 Å². The lowest BCUT2D eigenvalue weighted by atomic mass is 9.98. The number of amides is 1. The minimum atomic E-state index is 0.0968. The van der Waals surface area contributed by atoms with Crippen LogP contribution in [0.4, 0.5) is 0 Å². The minimum absolute atomic E-state index is 0.0968. The van der Waals surface area contributed by atoms with E-state index in [0.29, 0.717) is 10.6 Å². The van der Waals surface area contributed by atoms with Crippen LogP contribution in [0.2, 0.25) is 5.02 Å². The second-order valence-corrected chi connectivity index (χ2v) is 6.55. The van der Waals surface area contributed by atoms with Gasteiger partial charge in [-0.1, -0.05) is 17.7 Å². The Bertz CT molecular complexity index is 682. The van der Waals surface area contributed by atoms with Crippen LogP contribution in [0.3, 0.4) is 0 Å². The fourth-order valence-electron chi connectivity index (χ4n) is 3.28. The maximum absolute atomic E-state index is 12.8. The first-order chi connectivity index (χ1) is 11.1. The number of imidazole rings is 1. The lowest BCUT2D eigenvalue weighted by Gasteiger charge is -2.36. The van der Waals surface area contributed by atoms with E-state index in [2.05, 4.69) is 9.55 Å². The molecule has 1 fully saturated rings. The highest BCUT2D eigenvalue weighted by Crippen LogP contribution is 2.23. The SMILES string of the molecule is Cc1nccn1CCC1CCCCN1C(=O)c1cccc(Cl)c1. The molecule has 1 amide bonds. The molecule has 0 bridgehead atoms. The Labute approximate surface area is 142 Å². The highest BCUT2D eigenvalue weighted by Gasteiger charge is 2.27. The fourth-order valence-corrected chi connectivity index (χ4v) is 3.47. The summed E-state index contributed by atoms with van der Waals surface area (Å²) < 4.78 is 2.15. The van der Waals surface area contributed by atoms with Gasteiger partial charge >= 0.3 is 0 Å². The third kappa shape index (κ3) is 3.75. The highest BCUT2D eigenvalue weighted by molar-refractivity contribution is 6.30. The van der Waals surface area contributed by atoms with Crippen molar-refractivity contribution < 1.29 is 4.79 Å². The van der Waals surface area contributed by atoms with Gasteiger partial charge in [-0.2, -0.15) is 0 Å². The number of benzene rings is 1. The third-order valence-corrected chi connectivity index (χ3v) is 4.82. The zero-order valence-electron chi connectivity index (χ0n) is 13.4. The normalized spacial score (nSPS) is 18.2. The Balaban J connectivity index is 1.71. The maximum atomic E-state index is 12.8. The van der Waals surface area contributed by atoms with Crippen molar-refractivity contribution >= 4 is 17.5 Å². The van der Waals surface area contributed by atoms with Crippen molar-refractivity contribution in [2.45, 2.75) is 45.2 Å². The van der Waals surface area contributed by atoms with Gasteiger partial charge in [0.2, 0.25) is 0 Å². The second kappa shape index (κ2) is 7.18. The topological polar surface area (TPSA) is 38.1 Å². The number of nitrogens with zero attached hydrogens (tertiary/aromatic N) is 3. The van der Waals surface area contributed by atoms with Crippen LogP contribution >= 0.6 is 11.6 Å². The van der Waals surface area contributed by atoms with Gasteiger partial charge in [-0.15, -0.1) is 0 Å². The molecular weight excluding hydrogens is 310 g/mol. The van der Waals surface area contributed by atoms with E-state index in [9.17, 15) is 4.79 Å². The molecule has 0 N–H and O–H groups in total. The molecule has 2 aromatic rings. The molecule has 1 atom stereocenters. The number of carbonyl (C=O) groups is 1. The zero-order valence-corrected chi connectivity index (χ0v) is 14.2. The Hall–Kier alpha value is -1.81. The molecule has 2 heterocycles. The lowest BCUT2D eigenvalue weighted by Crippen LogP contribution is -2.44. The average Bonchev–Trinajstić information content (AvgIpc) is 2.97. The predicted octanol–water partition coefficient (Wildman–Crippen LogP) is 3.93. The van der Waals surface area contributed by atoms with Crippen molar-refractivity contribution in [2.75, 3.05) is 6.54 Å². The number of hydrogen-bond donors (Lipinski definition) is 0. The number of rotatable bonds is 4. The van der Waals surface area contributed by atoms with Crippen LogP contribution in [0.5, 0.6) is 0 Å². The molecule has 1 aliphatic heterocycles. The molecule has 0 saturated carbocycles. The van der Waals surface area contributed by atoms with Crippen LogP contribution in [-0.2, 0) is 6.54 Å². The van der Waals surface area contributed by atoms with Crippen LogP contribution < -0.4 is 0 Å². The van der Waals surface area contributed by atoms with Gasteiger partial charge in [0, 0.05) is 42.1 Å². The summed E-state index contributed by atoms with van der Waals surface area (Å²) in [5.41, 5.74) is 0.684. The summed E-state index contributed by atoms with van der Waals surface area (Å²) in [4.78, 5) is 19.1. The number of piperidine rings is 1. The van der Waals surface area contributed by atoms with Crippen LogP contribution in [0.15, 0.2) is 36.7 Å². The van der Waals surface area contributed by atoms with E-state index in [1.165, 1.54) is 6.42 Å². The van der Waals surface area contributed by atoms with Crippen molar-refractivity contribution in [1.29, 1.82) is 0 Å². The monoisotopic (exact) mass is 331 g/mol. The van der Waals surface area contributed by atoms with Crippen LogP contribution in [0.1, 0.15) is 41.9 Å². The molecule has 122 valence electrons. The number of aromatic nitrogens is 2. The Morgan fingerprint density at radius 3 is 3.00 bits per heavy atom. The summed E-state index contributed by atoms with van der Waals surface area (Å²) >= 11 is 6.03. The fraction of sp³-hybridized carbons (Fsp3) is 0.444. The molecule has 1 saturated heterocycles. The Kier molecular flexibility index (Phi) is 5.01. The van der Waals surface area contributed by atoms with Gasteiger partial charge in [-0.05, 0) is 50.8 Å². The number of carbonyl (C=O) groups excluding carboxylic acids is 1. The highest BCUT2D eigenvalue weighted by atomic mass is 35.5. The number of hydrogen-bond acceptors (Lipinski definition) is 2. The molecule has 0 aliphatic carbocycles. The number of halogens is 1. The van der Waals surface area contributed by atoms with Gasteiger partial charge in [0.05, 0.1) is 0 Å². The molecule has 1 aliphatic rings. The van der Waals surface area contributed by atoms with Crippen LogP contribution in [0.25, 0.3) is 0 Å². The third-order valence-electron chi connectivity index (χ3n) is 4.59. The van der Waals surface area contributed by atoms with E-state index in [1.807, 2.05) is 36.4 Å². The van der Waals surface area contributed by atoms with E-state index in [1.54, 1.807) is 12.1 Å². The molecule has 0 spiro atoms. The Morgan fingerprint density at radius 2 is 2.26 bits per heavy atom. The van der Waals surface area contributed by atoms with E-state index in [4.69, 9.17) is 11.6 Å². The quantitative estimate of drug-likeness (QED) is 0.851. The van der Waals surface area contributed by atoms with Gasteiger partial charge in [-0.3, -0.25) is 4.79 Å². The molecule has 4 nitrogen and oxygen atoms in total.